The lowest BCUT2D eigenvalue weighted by Gasteiger charge is -2.26. The van der Waals surface area contributed by atoms with Gasteiger partial charge in [-0.15, -0.1) is 0 Å². The Balaban J connectivity index is 1.99. The van der Waals surface area contributed by atoms with Crippen molar-refractivity contribution in [1.82, 2.24) is 0 Å². The molecule has 0 aliphatic carbocycles. The molecule has 0 aliphatic heterocycles. The summed E-state index contributed by atoms with van der Waals surface area (Å²) in [7, 11) is 0. The zero-order valence-corrected chi connectivity index (χ0v) is 15.8. The molecule has 2 atom stereocenters. The molecule has 0 aliphatic rings. The van der Waals surface area contributed by atoms with Gasteiger partial charge in [-0.1, -0.05) is 62.9 Å². The number of carbonyl (C=O) groups excluding carboxylic acids is 1. The van der Waals surface area contributed by atoms with Gasteiger partial charge in [-0.05, 0) is 37.1 Å². The smallest absolute Gasteiger partial charge is 0.332 e. The Morgan fingerprint density at radius 1 is 0.962 bits per heavy atom. The Hall–Kier alpha value is -2.59. The van der Waals surface area contributed by atoms with Gasteiger partial charge in [0.2, 0.25) is 12.6 Å². The second kappa shape index (κ2) is 8.68. The summed E-state index contributed by atoms with van der Waals surface area (Å²) in [5.41, 5.74) is 2.34. The van der Waals surface area contributed by atoms with Crippen LogP contribution in [0.25, 0.3) is 0 Å². The lowest BCUT2D eigenvalue weighted by atomic mass is 9.78. The van der Waals surface area contributed by atoms with E-state index in [0.29, 0.717) is 5.75 Å². The van der Waals surface area contributed by atoms with Crippen molar-refractivity contribution in [3.05, 3.63) is 78.4 Å². The van der Waals surface area contributed by atoms with E-state index < -0.39 is 18.5 Å². The average molecular weight is 354 g/mol. The van der Waals surface area contributed by atoms with Crippen LogP contribution in [-0.2, 0) is 19.7 Å². The van der Waals surface area contributed by atoms with E-state index in [0.717, 1.165) is 6.08 Å². The van der Waals surface area contributed by atoms with Gasteiger partial charge >= 0.3 is 5.97 Å². The van der Waals surface area contributed by atoms with E-state index in [9.17, 15) is 4.79 Å². The number of esters is 1. The largest absolute Gasteiger partial charge is 0.465 e. The highest BCUT2D eigenvalue weighted by Crippen LogP contribution is 2.32. The molecular formula is C22H26O4. The maximum atomic E-state index is 11.1. The minimum atomic E-state index is -0.716. The first-order valence-corrected chi connectivity index (χ1v) is 8.64. The molecule has 2 aromatic carbocycles. The Labute approximate surface area is 155 Å². The van der Waals surface area contributed by atoms with Crippen molar-refractivity contribution in [2.75, 3.05) is 0 Å². The van der Waals surface area contributed by atoms with Crippen molar-refractivity contribution < 1.29 is 19.0 Å². The van der Waals surface area contributed by atoms with Gasteiger partial charge in [0.15, 0.2) is 0 Å². The van der Waals surface area contributed by atoms with E-state index >= 15 is 0 Å². The Morgan fingerprint density at radius 2 is 1.54 bits per heavy atom. The van der Waals surface area contributed by atoms with Gasteiger partial charge in [-0.25, -0.2) is 4.79 Å². The van der Waals surface area contributed by atoms with Gasteiger partial charge in [0.1, 0.15) is 5.75 Å². The van der Waals surface area contributed by atoms with Crippen LogP contribution >= 0.6 is 0 Å². The van der Waals surface area contributed by atoms with Crippen LogP contribution in [0, 0.1) is 0 Å². The second-order valence-electron chi connectivity index (χ2n) is 6.55. The minimum absolute atomic E-state index is 0.102. The van der Waals surface area contributed by atoms with E-state index in [4.69, 9.17) is 14.2 Å². The highest BCUT2D eigenvalue weighted by atomic mass is 16.8. The van der Waals surface area contributed by atoms with Crippen LogP contribution in [-0.4, -0.2) is 18.5 Å². The summed E-state index contributed by atoms with van der Waals surface area (Å²) in [5, 5.41) is 0. The Bertz CT molecular complexity index is 720. The molecule has 26 heavy (non-hydrogen) atoms. The number of rotatable bonds is 8. The zero-order valence-electron chi connectivity index (χ0n) is 15.8. The molecule has 2 aromatic rings. The van der Waals surface area contributed by atoms with E-state index in [-0.39, 0.29) is 5.41 Å². The third kappa shape index (κ3) is 5.20. The monoisotopic (exact) mass is 354 g/mol. The number of carbonyl (C=O) groups is 1. The summed E-state index contributed by atoms with van der Waals surface area (Å²) in [4.78, 5) is 11.1. The minimum Gasteiger partial charge on any atom is -0.465 e. The van der Waals surface area contributed by atoms with Crippen LogP contribution in [0.15, 0.2) is 67.3 Å². The zero-order chi connectivity index (χ0) is 19.2. The highest BCUT2D eigenvalue weighted by Gasteiger charge is 2.22. The van der Waals surface area contributed by atoms with Crippen LogP contribution < -0.4 is 4.74 Å². The molecule has 4 nitrogen and oxygen atoms in total. The summed E-state index contributed by atoms with van der Waals surface area (Å²) < 4.78 is 16.2. The molecule has 0 heterocycles. The third-order valence-electron chi connectivity index (χ3n) is 4.21. The van der Waals surface area contributed by atoms with Gasteiger partial charge in [0, 0.05) is 11.5 Å². The second-order valence-corrected chi connectivity index (χ2v) is 6.55. The van der Waals surface area contributed by atoms with E-state index in [1.165, 1.54) is 11.1 Å². The number of ether oxygens (including phenoxy) is 3. The highest BCUT2D eigenvalue weighted by molar-refractivity contribution is 5.81. The average Bonchev–Trinajstić information content (AvgIpc) is 2.62. The van der Waals surface area contributed by atoms with E-state index in [1.807, 2.05) is 30.3 Å². The number of hydrogen-bond donors (Lipinski definition) is 0. The number of hydrogen-bond acceptors (Lipinski definition) is 4. The lowest BCUT2D eigenvalue weighted by molar-refractivity contribution is -0.204. The molecule has 4 heteroatoms. The van der Waals surface area contributed by atoms with E-state index in [2.05, 4.69) is 44.7 Å². The predicted octanol–water partition coefficient (Wildman–Crippen LogP) is 4.83. The predicted molar refractivity (Wildman–Crippen MR) is 102 cm³/mol. The van der Waals surface area contributed by atoms with Crippen LogP contribution in [0.5, 0.6) is 5.75 Å². The maximum absolute atomic E-state index is 11.1. The summed E-state index contributed by atoms with van der Waals surface area (Å²) in [5.74, 6) is 0.157. The normalized spacial score (nSPS) is 13.5. The van der Waals surface area contributed by atoms with Crippen molar-refractivity contribution >= 4 is 5.97 Å². The van der Waals surface area contributed by atoms with Crippen LogP contribution in [0.2, 0.25) is 0 Å². The summed E-state index contributed by atoms with van der Waals surface area (Å²) in [6.45, 7) is 11.1. The van der Waals surface area contributed by atoms with Crippen molar-refractivity contribution in [3.63, 3.8) is 0 Å². The molecule has 0 saturated carbocycles. The SMILES string of the molecule is C=CC(=O)OC(C)O[C@H](C)Oc1ccc(C(C)(C)c2ccccc2)cc1. The van der Waals surface area contributed by atoms with Crippen molar-refractivity contribution in [2.45, 2.75) is 45.7 Å². The summed E-state index contributed by atoms with van der Waals surface area (Å²) in [6, 6.07) is 18.3. The van der Waals surface area contributed by atoms with Crippen molar-refractivity contribution in [1.29, 1.82) is 0 Å². The Kier molecular flexibility index (Phi) is 6.58. The van der Waals surface area contributed by atoms with Gasteiger partial charge < -0.3 is 14.2 Å². The summed E-state index contributed by atoms with van der Waals surface area (Å²) in [6.07, 6.45) is -0.180. The van der Waals surface area contributed by atoms with Gasteiger partial charge in [-0.2, -0.15) is 0 Å². The molecule has 0 spiro atoms. The fourth-order valence-corrected chi connectivity index (χ4v) is 2.70. The van der Waals surface area contributed by atoms with Crippen molar-refractivity contribution in [2.24, 2.45) is 0 Å². The molecule has 0 amide bonds. The molecule has 0 bridgehead atoms. The lowest BCUT2D eigenvalue weighted by Crippen LogP contribution is -2.26. The molecule has 1 unspecified atom stereocenters. The first-order chi connectivity index (χ1) is 12.3. The van der Waals surface area contributed by atoms with Gasteiger partial charge in [0.05, 0.1) is 0 Å². The topological polar surface area (TPSA) is 44.8 Å². The quantitative estimate of drug-likeness (QED) is 0.387. The first-order valence-electron chi connectivity index (χ1n) is 8.64. The molecular weight excluding hydrogens is 328 g/mol. The van der Waals surface area contributed by atoms with E-state index in [1.54, 1.807) is 13.8 Å². The van der Waals surface area contributed by atoms with Crippen LogP contribution in [0.1, 0.15) is 38.8 Å². The molecule has 0 aromatic heterocycles. The van der Waals surface area contributed by atoms with Crippen molar-refractivity contribution in [3.8, 4) is 5.75 Å². The van der Waals surface area contributed by atoms with Gasteiger partial charge in [0.25, 0.3) is 0 Å². The molecule has 2 rings (SSSR count). The van der Waals surface area contributed by atoms with Crippen LogP contribution in [0.4, 0.5) is 0 Å². The van der Waals surface area contributed by atoms with Gasteiger partial charge in [-0.3, -0.25) is 0 Å². The maximum Gasteiger partial charge on any atom is 0.332 e. The summed E-state index contributed by atoms with van der Waals surface area (Å²) >= 11 is 0. The Morgan fingerprint density at radius 3 is 2.12 bits per heavy atom. The third-order valence-corrected chi connectivity index (χ3v) is 4.21. The molecule has 138 valence electrons. The fourth-order valence-electron chi connectivity index (χ4n) is 2.70. The molecule has 0 radical (unpaired) electrons. The molecule has 0 saturated heterocycles. The molecule has 0 fully saturated rings. The molecule has 0 N–H and O–H groups in total. The fraction of sp³-hybridized carbons (Fsp3) is 0.318. The number of benzene rings is 2. The van der Waals surface area contributed by atoms with Crippen LogP contribution in [0.3, 0.4) is 0 Å². The first kappa shape index (κ1) is 19.7. The standard InChI is InChI=1S/C22H26O4/c1-6-21(23)26-17(3)24-16(2)25-20-14-12-19(13-15-20)22(4,5)18-10-8-7-9-11-18/h6-17H,1H2,2-5H3/t16-,17?/m0/s1.